The summed E-state index contributed by atoms with van der Waals surface area (Å²) in [4.78, 5) is 12.8. The standard InChI is InChI=1S/C19H17ClN4O3S/c1-28(26,27)24-10-7-13-11-14(3-5-17(13)24)19(25)22-16-12-15(20)4-6-18(16)23-9-2-8-21-23/h2-6,8-9,11-12H,7,10H2,1H3,(H,22,25). The van der Waals surface area contributed by atoms with Crippen molar-refractivity contribution in [2.24, 2.45) is 0 Å². The zero-order valence-corrected chi connectivity index (χ0v) is 16.5. The van der Waals surface area contributed by atoms with Gasteiger partial charge in [-0.1, -0.05) is 11.6 Å². The predicted molar refractivity (Wildman–Crippen MR) is 109 cm³/mol. The predicted octanol–water partition coefficient (Wildman–Crippen LogP) is 3.10. The second-order valence-electron chi connectivity index (χ2n) is 6.49. The van der Waals surface area contributed by atoms with Gasteiger partial charge < -0.3 is 5.32 Å². The number of carbonyl (C=O) groups excluding carboxylic acids is 1. The van der Waals surface area contributed by atoms with Crippen LogP contribution in [0.2, 0.25) is 5.02 Å². The molecule has 0 spiro atoms. The lowest BCUT2D eigenvalue weighted by Gasteiger charge is -2.16. The summed E-state index contributed by atoms with van der Waals surface area (Å²) in [6, 6.07) is 12.0. The summed E-state index contributed by atoms with van der Waals surface area (Å²) in [5.41, 5.74) is 3.11. The van der Waals surface area contributed by atoms with E-state index in [4.69, 9.17) is 11.6 Å². The van der Waals surface area contributed by atoms with Crippen molar-refractivity contribution in [3.63, 3.8) is 0 Å². The van der Waals surface area contributed by atoms with Crippen LogP contribution in [0.25, 0.3) is 5.69 Å². The van der Waals surface area contributed by atoms with Crippen LogP contribution in [-0.4, -0.2) is 36.9 Å². The highest BCUT2D eigenvalue weighted by atomic mass is 35.5. The molecule has 1 aliphatic rings. The van der Waals surface area contributed by atoms with Crippen molar-refractivity contribution in [2.45, 2.75) is 6.42 Å². The number of benzene rings is 2. The molecule has 0 radical (unpaired) electrons. The molecule has 144 valence electrons. The summed E-state index contributed by atoms with van der Waals surface area (Å²) in [6.07, 6.45) is 5.17. The van der Waals surface area contributed by atoms with Gasteiger partial charge in [0.05, 0.1) is 23.3 Å². The number of halogens is 1. The van der Waals surface area contributed by atoms with E-state index in [0.29, 0.717) is 40.6 Å². The van der Waals surface area contributed by atoms with Gasteiger partial charge in [-0.3, -0.25) is 9.10 Å². The Kier molecular flexibility index (Phi) is 4.60. The van der Waals surface area contributed by atoms with Gasteiger partial charge in [0.2, 0.25) is 10.0 Å². The molecule has 0 unspecified atom stereocenters. The Morgan fingerprint density at radius 1 is 1.18 bits per heavy atom. The van der Waals surface area contributed by atoms with E-state index in [0.717, 1.165) is 5.56 Å². The summed E-state index contributed by atoms with van der Waals surface area (Å²) in [5.74, 6) is -0.309. The number of nitrogens with one attached hydrogen (secondary N) is 1. The molecule has 28 heavy (non-hydrogen) atoms. The van der Waals surface area contributed by atoms with Crippen molar-refractivity contribution >= 4 is 38.9 Å². The van der Waals surface area contributed by atoms with E-state index >= 15 is 0 Å². The van der Waals surface area contributed by atoms with Crippen molar-refractivity contribution in [1.29, 1.82) is 0 Å². The molecule has 7 nitrogen and oxygen atoms in total. The van der Waals surface area contributed by atoms with Crippen molar-refractivity contribution in [3.05, 3.63) is 71.0 Å². The van der Waals surface area contributed by atoms with Crippen molar-refractivity contribution < 1.29 is 13.2 Å². The first kappa shape index (κ1) is 18.5. The smallest absolute Gasteiger partial charge is 0.255 e. The minimum absolute atomic E-state index is 0.309. The molecule has 0 saturated carbocycles. The maximum Gasteiger partial charge on any atom is 0.255 e. The summed E-state index contributed by atoms with van der Waals surface area (Å²) >= 11 is 6.10. The fourth-order valence-electron chi connectivity index (χ4n) is 3.27. The summed E-state index contributed by atoms with van der Waals surface area (Å²) in [7, 11) is -3.32. The minimum atomic E-state index is -3.32. The maximum absolute atomic E-state index is 12.8. The largest absolute Gasteiger partial charge is 0.320 e. The third-order valence-corrected chi connectivity index (χ3v) is 5.97. The van der Waals surface area contributed by atoms with E-state index in [1.165, 1.54) is 10.6 Å². The molecule has 0 atom stereocenters. The number of hydrogen-bond donors (Lipinski definition) is 1. The van der Waals surface area contributed by atoms with E-state index in [1.54, 1.807) is 59.5 Å². The van der Waals surface area contributed by atoms with Crippen molar-refractivity contribution in [1.82, 2.24) is 9.78 Å². The lowest BCUT2D eigenvalue weighted by Crippen LogP contribution is -2.27. The lowest BCUT2D eigenvalue weighted by atomic mass is 10.1. The van der Waals surface area contributed by atoms with Gasteiger partial charge in [-0.25, -0.2) is 13.1 Å². The minimum Gasteiger partial charge on any atom is -0.320 e. The fourth-order valence-corrected chi connectivity index (χ4v) is 4.40. The molecule has 2 aromatic carbocycles. The highest BCUT2D eigenvalue weighted by Gasteiger charge is 2.26. The third kappa shape index (κ3) is 3.48. The Labute approximate surface area is 167 Å². The van der Waals surface area contributed by atoms with E-state index in [1.807, 2.05) is 0 Å². The lowest BCUT2D eigenvalue weighted by molar-refractivity contribution is 0.102. The molecule has 0 aliphatic carbocycles. The average molecular weight is 417 g/mol. The quantitative estimate of drug-likeness (QED) is 0.708. The zero-order valence-electron chi connectivity index (χ0n) is 15.0. The summed E-state index contributed by atoms with van der Waals surface area (Å²) in [6.45, 7) is 0.386. The van der Waals surface area contributed by atoms with Crippen LogP contribution in [0.4, 0.5) is 11.4 Å². The zero-order chi connectivity index (χ0) is 19.9. The van der Waals surface area contributed by atoms with Gasteiger partial charge in [0.15, 0.2) is 0 Å². The molecule has 1 aromatic heterocycles. The maximum atomic E-state index is 12.8. The van der Waals surface area contributed by atoms with E-state index in [-0.39, 0.29) is 5.91 Å². The molecule has 1 aliphatic heterocycles. The molecular weight excluding hydrogens is 400 g/mol. The normalized spacial score (nSPS) is 13.4. The van der Waals surface area contributed by atoms with Crippen LogP contribution in [-0.2, 0) is 16.4 Å². The van der Waals surface area contributed by atoms with Crippen LogP contribution >= 0.6 is 11.6 Å². The van der Waals surface area contributed by atoms with Crippen LogP contribution in [0.15, 0.2) is 54.9 Å². The molecular formula is C19H17ClN4O3S. The molecule has 1 N–H and O–H groups in total. The van der Waals surface area contributed by atoms with Gasteiger partial charge in [0.1, 0.15) is 0 Å². The van der Waals surface area contributed by atoms with E-state index in [9.17, 15) is 13.2 Å². The van der Waals surface area contributed by atoms with Crippen LogP contribution in [0.5, 0.6) is 0 Å². The summed E-state index contributed by atoms with van der Waals surface area (Å²) < 4.78 is 26.7. The molecule has 4 rings (SSSR count). The van der Waals surface area contributed by atoms with Crippen LogP contribution < -0.4 is 9.62 Å². The molecule has 1 amide bonds. The Balaban J connectivity index is 1.63. The number of hydrogen-bond acceptors (Lipinski definition) is 4. The average Bonchev–Trinajstić information content (AvgIpc) is 3.30. The first-order valence-corrected chi connectivity index (χ1v) is 10.8. The van der Waals surface area contributed by atoms with Crippen molar-refractivity contribution in [3.8, 4) is 5.69 Å². The molecule has 2 heterocycles. The molecule has 0 bridgehead atoms. The van der Waals surface area contributed by atoms with Crippen LogP contribution in [0.3, 0.4) is 0 Å². The number of anilines is 2. The second kappa shape index (κ2) is 6.96. The van der Waals surface area contributed by atoms with Gasteiger partial charge in [-0.05, 0) is 54.4 Å². The van der Waals surface area contributed by atoms with E-state index in [2.05, 4.69) is 10.4 Å². The fraction of sp³-hybridized carbons (Fsp3) is 0.158. The number of aromatic nitrogens is 2. The van der Waals surface area contributed by atoms with Gasteiger partial charge in [0.25, 0.3) is 5.91 Å². The molecule has 0 saturated heterocycles. The first-order chi connectivity index (χ1) is 13.3. The number of amides is 1. The monoisotopic (exact) mass is 416 g/mol. The van der Waals surface area contributed by atoms with Crippen LogP contribution in [0.1, 0.15) is 15.9 Å². The Bertz CT molecular complexity index is 1160. The third-order valence-electron chi connectivity index (χ3n) is 4.55. The Morgan fingerprint density at radius 2 is 1.96 bits per heavy atom. The van der Waals surface area contributed by atoms with E-state index < -0.39 is 10.0 Å². The Morgan fingerprint density at radius 3 is 2.68 bits per heavy atom. The summed E-state index contributed by atoms with van der Waals surface area (Å²) in [5, 5.41) is 7.56. The second-order valence-corrected chi connectivity index (χ2v) is 8.84. The number of fused-ring (bicyclic) bond motifs is 1. The van der Waals surface area contributed by atoms with Gasteiger partial charge >= 0.3 is 0 Å². The first-order valence-electron chi connectivity index (χ1n) is 8.54. The highest BCUT2D eigenvalue weighted by Crippen LogP contribution is 2.31. The SMILES string of the molecule is CS(=O)(=O)N1CCc2cc(C(=O)Nc3cc(Cl)ccc3-n3cccn3)ccc21. The number of carbonyl (C=O) groups is 1. The van der Waals surface area contributed by atoms with Gasteiger partial charge in [-0.15, -0.1) is 0 Å². The van der Waals surface area contributed by atoms with Crippen molar-refractivity contribution in [2.75, 3.05) is 22.4 Å². The Hall–Kier alpha value is -2.84. The topological polar surface area (TPSA) is 84.3 Å². The number of rotatable bonds is 4. The van der Waals surface area contributed by atoms with Gasteiger partial charge in [0, 0.05) is 29.5 Å². The molecule has 9 heteroatoms. The molecule has 0 fully saturated rings. The molecule has 3 aromatic rings. The number of sulfonamides is 1. The van der Waals surface area contributed by atoms with Gasteiger partial charge in [-0.2, -0.15) is 5.10 Å². The number of nitrogens with zero attached hydrogens (tertiary/aromatic N) is 3. The highest BCUT2D eigenvalue weighted by molar-refractivity contribution is 7.92. The van der Waals surface area contributed by atoms with Crippen LogP contribution in [0, 0.1) is 0 Å².